The van der Waals surface area contributed by atoms with E-state index >= 15 is 0 Å². The minimum Gasteiger partial charge on any atom is -0.492 e. The van der Waals surface area contributed by atoms with Crippen LogP contribution in [0.25, 0.3) is 0 Å². The quantitative estimate of drug-likeness (QED) is 0.660. The highest BCUT2D eigenvalue weighted by Gasteiger charge is 2.22. The molecule has 0 saturated carbocycles. The van der Waals surface area contributed by atoms with E-state index in [4.69, 9.17) is 9.47 Å². The van der Waals surface area contributed by atoms with Gasteiger partial charge in [0, 0.05) is 44.7 Å². The van der Waals surface area contributed by atoms with Crippen molar-refractivity contribution in [1.82, 2.24) is 20.4 Å². The predicted molar refractivity (Wildman–Crippen MR) is 135 cm³/mol. The summed E-state index contributed by atoms with van der Waals surface area (Å²) in [4.78, 5) is 42.3. The third-order valence-corrected chi connectivity index (χ3v) is 6.30. The normalized spacial score (nSPS) is 18.1. The van der Waals surface area contributed by atoms with Gasteiger partial charge in [-0.05, 0) is 31.5 Å². The van der Waals surface area contributed by atoms with Crippen LogP contribution >= 0.6 is 0 Å². The van der Waals surface area contributed by atoms with E-state index < -0.39 is 0 Å². The lowest BCUT2D eigenvalue weighted by Gasteiger charge is -2.27. The van der Waals surface area contributed by atoms with Crippen molar-refractivity contribution in [3.05, 3.63) is 59.2 Å². The molecule has 4 rings (SSSR count). The van der Waals surface area contributed by atoms with Crippen molar-refractivity contribution in [1.29, 1.82) is 0 Å². The molecule has 2 aliphatic rings. The molecule has 3 amide bonds. The van der Waals surface area contributed by atoms with Crippen LogP contribution in [0.4, 0.5) is 0 Å². The first kappa shape index (κ1) is 25.5. The van der Waals surface area contributed by atoms with Crippen molar-refractivity contribution in [2.75, 3.05) is 52.5 Å². The largest absolute Gasteiger partial charge is 0.492 e. The number of hydrogen-bond acceptors (Lipinski definition) is 6. The van der Waals surface area contributed by atoms with Crippen molar-refractivity contribution in [3.63, 3.8) is 0 Å². The van der Waals surface area contributed by atoms with E-state index in [1.54, 1.807) is 17.0 Å². The number of nitrogens with one attached hydrogen (secondary N) is 2. The van der Waals surface area contributed by atoms with E-state index in [1.807, 2.05) is 37.3 Å². The third kappa shape index (κ3) is 6.97. The summed E-state index contributed by atoms with van der Waals surface area (Å²) in [7, 11) is 0. The summed E-state index contributed by atoms with van der Waals surface area (Å²) < 4.78 is 11.6. The molecule has 0 radical (unpaired) electrons. The Kier molecular flexibility index (Phi) is 8.78. The van der Waals surface area contributed by atoms with Crippen LogP contribution in [0.2, 0.25) is 0 Å². The molecule has 192 valence electrons. The minimum absolute atomic E-state index is 0.0343. The van der Waals surface area contributed by atoms with Gasteiger partial charge < -0.3 is 25.0 Å². The van der Waals surface area contributed by atoms with Crippen molar-refractivity contribution in [3.8, 4) is 11.5 Å². The highest BCUT2D eigenvalue weighted by atomic mass is 16.5. The van der Waals surface area contributed by atoms with Crippen LogP contribution in [0.1, 0.15) is 34.3 Å². The van der Waals surface area contributed by atoms with Gasteiger partial charge >= 0.3 is 0 Å². The Morgan fingerprint density at radius 2 is 1.78 bits per heavy atom. The molecule has 2 aromatic carbocycles. The second-order valence-corrected chi connectivity index (χ2v) is 9.11. The van der Waals surface area contributed by atoms with Gasteiger partial charge in [-0.2, -0.15) is 0 Å². The Balaban J connectivity index is 1.43. The lowest BCUT2D eigenvalue weighted by atomic mass is 10.1. The molecule has 9 heteroatoms. The molecule has 0 aromatic heterocycles. The van der Waals surface area contributed by atoms with Gasteiger partial charge in [-0.25, -0.2) is 0 Å². The van der Waals surface area contributed by atoms with E-state index in [1.165, 1.54) is 0 Å². The summed E-state index contributed by atoms with van der Waals surface area (Å²) in [5, 5.41) is 5.77. The topological polar surface area (TPSA) is 100 Å². The summed E-state index contributed by atoms with van der Waals surface area (Å²) in [5.41, 5.74) is 2.44. The Hall–Kier alpha value is -3.59. The monoisotopic (exact) mass is 494 g/mol. The fourth-order valence-electron chi connectivity index (χ4n) is 4.38. The number of ether oxygens (including phenoxy) is 2. The fraction of sp³-hybridized carbons (Fsp3) is 0.444. The number of fused-ring (bicyclic) bond motifs is 2. The summed E-state index contributed by atoms with van der Waals surface area (Å²) in [6.45, 7) is 5.65. The number of hydrogen-bond donors (Lipinski definition) is 2. The van der Waals surface area contributed by atoms with Gasteiger partial charge in [-0.1, -0.05) is 29.8 Å². The van der Waals surface area contributed by atoms with Gasteiger partial charge in [-0.15, -0.1) is 0 Å². The van der Waals surface area contributed by atoms with Crippen molar-refractivity contribution >= 4 is 17.7 Å². The van der Waals surface area contributed by atoms with E-state index in [0.717, 1.165) is 16.9 Å². The Morgan fingerprint density at radius 1 is 0.944 bits per heavy atom. The first-order chi connectivity index (χ1) is 17.5. The van der Waals surface area contributed by atoms with Crippen LogP contribution in [-0.4, -0.2) is 80.0 Å². The number of benzene rings is 2. The van der Waals surface area contributed by atoms with Gasteiger partial charge in [0.15, 0.2) is 0 Å². The molecule has 2 N–H and O–H groups in total. The van der Waals surface area contributed by atoms with Crippen molar-refractivity contribution in [2.24, 2.45) is 0 Å². The maximum absolute atomic E-state index is 13.3. The molecule has 0 atom stereocenters. The molecule has 0 saturated heterocycles. The van der Waals surface area contributed by atoms with Gasteiger partial charge in [0.2, 0.25) is 11.8 Å². The molecular formula is C27H34N4O5. The fourth-order valence-corrected chi connectivity index (χ4v) is 4.38. The van der Waals surface area contributed by atoms with Crippen LogP contribution in [0, 0.1) is 6.92 Å². The Bertz CT molecular complexity index is 1090. The molecule has 2 aromatic rings. The van der Waals surface area contributed by atoms with Gasteiger partial charge in [0.1, 0.15) is 24.7 Å². The van der Waals surface area contributed by atoms with Crippen LogP contribution in [0.5, 0.6) is 11.5 Å². The SMILES string of the molecule is Cc1ccc2c(c1)C(=O)NCCN(C(=O)CN1CCOc3ccccc3C1)CCCC(=O)NCCO2. The highest BCUT2D eigenvalue weighted by molar-refractivity contribution is 5.97. The van der Waals surface area contributed by atoms with Crippen LogP contribution < -0.4 is 20.1 Å². The average Bonchev–Trinajstić information content (AvgIpc) is 3.07. The van der Waals surface area contributed by atoms with E-state index in [-0.39, 0.29) is 30.9 Å². The van der Waals surface area contributed by atoms with E-state index in [2.05, 4.69) is 15.5 Å². The lowest BCUT2D eigenvalue weighted by Crippen LogP contribution is -2.44. The number of amides is 3. The zero-order valence-corrected chi connectivity index (χ0v) is 20.8. The second kappa shape index (κ2) is 12.4. The van der Waals surface area contributed by atoms with Crippen LogP contribution in [-0.2, 0) is 16.1 Å². The minimum atomic E-state index is -0.249. The molecule has 9 nitrogen and oxygen atoms in total. The molecule has 0 fully saturated rings. The molecule has 0 bridgehead atoms. The zero-order valence-electron chi connectivity index (χ0n) is 20.8. The first-order valence-corrected chi connectivity index (χ1v) is 12.5. The number of carbonyl (C=O) groups is 3. The predicted octanol–water partition coefficient (Wildman–Crippen LogP) is 1.74. The molecule has 36 heavy (non-hydrogen) atoms. The zero-order chi connectivity index (χ0) is 25.3. The number of rotatable bonds is 2. The standard InChI is InChI=1S/C27H34N4O5/c1-20-8-9-24-22(17-20)27(34)29-10-13-31(12-4-7-25(32)28-11-15-35-24)26(33)19-30-14-16-36-23-6-3-2-5-21(23)18-30/h2-3,5-6,8-9,17H,4,7,10-16,18-19H2,1H3,(H,28,32)(H,29,34). The number of aryl methyl sites for hydroxylation is 1. The molecule has 0 spiro atoms. The molecular weight excluding hydrogens is 460 g/mol. The second-order valence-electron chi connectivity index (χ2n) is 9.11. The molecule has 0 aliphatic carbocycles. The van der Waals surface area contributed by atoms with E-state index in [0.29, 0.717) is 70.0 Å². The van der Waals surface area contributed by atoms with Gasteiger partial charge in [0.05, 0.1) is 18.7 Å². The average molecular weight is 495 g/mol. The van der Waals surface area contributed by atoms with E-state index in [9.17, 15) is 14.4 Å². The molecule has 2 heterocycles. The summed E-state index contributed by atoms with van der Waals surface area (Å²) >= 11 is 0. The van der Waals surface area contributed by atoms with Crippen LogP contribution in [0.15, 0.2) is 42.5 Å². The lowest BCUT2D eigenvalue weighted by molar-refractivity contribution is -0.133. The highest BCUT2D eigenvalue weighted by Crippen LogP contribution is 2.22. The first-order valence-electron chi connectivity index (χ1n) is 12.5. The summed E-state index contributed by atoms with van der Waals surface area (Å²) in [5.74, 6) is 0.961. The van der Waals surface area contributed by atoms with Crippen LogP contribution in [0.3, 0.4) is 0 Å². The van der Waals surface area contributed by atoms with Gasteiger partial charge in [0.25, 0.3) is 5.91 Å². The Labute approximate surface area is 211 Å². The maximum Gasteiger partial charge on any atom is 0.255 e. The number of nitrogens with zero attached hydrogens (tertiary/aromatic N) is 2. The summed E-state index contributed by atoms with van der Waals surface area (Å²) in [6, 6.07) is 13.3. The maximum atomic E-state index is 13.3. The molecule has 0 unspecified atom stereocenters. The third-order valence-electron chi connectivity index (χ3n) is 6.30. The molecule has 2 aliphatic heterocycles. The smallest absolute Gasteiger partial charge is 0.255 e. The van der Waals surface area contributed by atoms with Crippen molar-refractivity contribution in [2.45, 2.75) is 26.3 Å². The summed E-state index contributed by atoms with van der Waals surface area (Å²) in [6.07, 6.45) is 0.856. The number of para-hydroxylation sites is 1. The van der Waals surface area contributed by atoms with Crippen molar-refractivity contribution < 1.29 is 23.9 Å². The van der Waals surface area contributed by atoms with Gasteiger partial charge in [-0.3, -0.25) is 19.3 Å². The number of carbonyl (C=O) groups excluding carboxylic acids is 3. The Morgan fingerprint density at radius 3 is 2.67 bits per heavy atom.